The molecule has 13 rings (SSSR count). The monoisotopic (exact) mass is 1720 g/mol. The summed E-state index contributed by atoms with van der Waals surface area (Å²) in [6.45, 7) is 43.0. The maximum absolute atomic E-state index is 13.7. The fourth-order valence-corrected chi connectivity index (χ4v) is 14.8. The van der Waals surface area contributed by atoms with Gasteiger partial charge >= 0.3 is 6.18 Å². The van der Waals surface area contributed by atoms with Crippen LogP contribution in [-0.2, 0) is 24.0 Å². The molecule has 0 fully saturated rings. The highest BCUT2D eigenvalue weighted by molar-refractivity contribution is 6.35. The van der Waals surface area contributed by atoms with Crippen molar-refractivity contribution in [1.82, 2.24) is 0 Å². The highest BCUT2D eigenvalue weighted by atomic mass is 35.5. The molecule has 0 aliphatic carbocycles. The molecule has 0 saturated heterocycles. The van der Waals surface area contributed by atoms with Crippen LogP contribution in [0.25, 0.3) is 32.3 Å². The van der Waals surface area contributed by atoms with Gasteiger partial charge < -0.3 is 20.4 Å². The molecule has 0 heterocycles. The summed E-state index contributed by atoms with van der Waals surface area (Å²) in [7, 11) is 0. The Labute approximate surface area is 752 Å². The van der Waals surface area contributed by atoms with E-state index in [9.17, 15) is 37.3 Å². The minimum atomic E-state index is -4.65. The first kappa shape index (κ1) is 104. The molecular weight excluding hydrogens is 1580 g/mol. The van der Waals surface area contributed by atoms with Crippen LogP contribution in [0.15, 0.2) is 303 Å². The van der Waals surface area contributed by atoms with E-state index in [0.29, 0.717) is 79.1 Å². The van der Waals surface area contributed by atoms with Crippen LogP contribution in [0.2, 0.25) is 5.02 Å². The van der Waals surface area contributed by atoms with Crippen molar-refractivity contribution in [3.8, 4) is 0 Å². The minimum absolute atomic E-state index is 0.0643. The van der Waals surface area contributed by atoms with Gasteiger partial charge in [-0.05, 0) is 183 Å². The lowest BCUT2D eigenvalue weighted by atomic mass is 9.78. The topological polar surface area (TPSA) is 80.9 Å². The quantitative estimate of drug-likeness (QED) is 0.0359. The molecule has 0 bridgehead atoms. The van der Waals surface area contributed by atoms with E-state index in [-0.39, 0.29) is 36.3 Å². The van der Waals surface area contributed by atoms with Crippen LogP contribution in [0.1, 0.15) is 326 Å². The van der Waals surface area contributed by atoms with E-state index in [1.807, 2.05) is 96.1 Å². The number of hydrogen-bond acceptors (Lipinski definition) is 4. The lowest BCUT2D eigenvalue weighted by molar-refractivity contribution is -0.269. The molecule has 13 aromatic rings. The van der Waals surface area contributed by atoms with Crippen LogP contribution in [0, 0.1) is 0 Å². The number of halogens is 6. The molecule has 4 N–H and O–H groups in total. The second-order valence-corrected chi connectivity index (χ2v) is 36.3. The van der Waals surface area contributed by atoms with Crippen LogP contribution in [0.3, 0.4) is 0 Å². The number of hydrogen-bond donors (Lipinski definition) is 4. The first-order chi connectivity index (χ1) is 59.3. The van der Waals surface area contributed by atoms with Gasteiger partial charge in [-0.3, -0.25) is 0 Å². The summed E-state index contributed by atoms with van der Waals surface area (Å²) in [5, 5.41) is 47.6. The first-order valence-corrected chi connectivity index (χ1v) is 45.5. The average Bonchev–Trinajstić information content (AvgIpc) is 0.779. The molecule has 0 radical (unpaired) electrons. The van der Waals surface area contributed by atoms with E-state index in [0.717, 1.165) is 39.1 Å². The minimum Gasteiger partial charge on any atom is -0.392 e. The number of alkyl halides is 5. The van der Waals surface area contributed by atoms with Crippen LogP contribution in [0.4, 0.5) is 22.0 Å². The first-order valence-electron chi connectivity index (χ1n) is 45.1. The van der Waals surface area contributed by atoms with Crippen molar-refractivity contribution in [2.75, 3.05) is 0 Å². The molecule has 3 atom stereocenters. The van der Waals surface area contributed by atoms with Crippen LogP contribution in [-0.4, -0.2) is 32.5 Å². The van der Waals surface area contributed by atoms with E-state index >= 15 is 0 Å². The Morgan fingerprint density at radius 2 is 0.704 bits per heavy atom. The van der Waals surface area contributed by atoms with Crippen molar-refractivity contribution in [3.05, 3.63) is 392 Å². The lowest BCUT2D eigenvalue weighted by Gasteiger charge is -2.31. The van der Waals surface area contributed by atoms with Crippen LogP contribution >= 0.6 is 11.6 Å². The van der Waals surface area contributed by atoms with Crippen molar-refractivity contribution in [2.45, 2.75) is 279 Å². The van der Waals surface area contributed by atoms with E-state index < -0.39 is 29.9 Å². The van der Waals surface area contributed by atoms with Crippen molar-refractivity contribution >= 4 is 43.9 Å². The van der Waals surface area contributed by atoms with Gasteiger partial charge in [0.25, 0.3) is 5.92 Å². The molecule has 3 unspecified atom stereocenters. The number of rotatable bonds is 24. The standard InChI is InChI=1S/C18H22.C17H20O.C16H23F3O.C15H22F2O.C13H13Cl.2C13H14.C10H14O/c1-14(2)15-10-12-17(13-11-15)18(3,4)16-8-6-5-7-9-16;1-13(2)15-9-6-10-16(12-15)17(18)11-14-7-4-3-5-8-14;1-4-5-6-11-15(20,16(17,18)19)14-9-7-13(8-10-14)12(2)3;1-4-5-10-15(16,17)14(18)13-8-6-12(7-9-13)11(2)3;1-9(2)10-7-8-13(14)12-6-4-3-5-11(10)12;1-10(2)12-9-5-7-11-6-3-4-8-13(11)12;1-10(2)12-8-7-11-5-3-4-6-13(11)9-12;1-8(2)10-5-3-9(7-11)4-6-10/h5-14H,1-4H3;3-10,12-13,17-18H,11H2,1-2H3;7-10,12,20H,4-6,11H2,1-3H3;6-9,11,14,18H,4-5,10H2,1-3H3;3-9H,1-2H3;2*3-10H,1-2H3;3-6,8,11H,7H2,1-2H3. The summed E-state index contributed by atoms with van der Waals surface area (Å²) >= 11 is 6.13. The molecular formula is C115H142ClF5O4. The van der Waals surface area contributed by atoms with Crippen molar-refractivity contribution in [2.24, 2.45) is 0 Å². The predicted molar refractivity (Wildman–Crippen MR) is 525 cm³/mol. The Morgan fingerprint density at radius 1 is 0.312 bits per heavy atom. The molecule has 0 saturated carbocycles. The van der Waals surface area contributed by atoms with Crippen LogP contribution < -0.4 is 0 Å². The molecule has 125 heavy (non-hydrogen) atoms. The molecule has 668 valence electrons. The Bertz CT molecular complexity index is 5200. The smallest absolute Gasteiger partial charge is 0.392 e. The van der Waals surface area contributed by atoms with E-state index in [2.05, 4.69) is 297 Å². The fourth-order valence-electron chi connectivity index (χ4n) is 14.6. The third kappa shape index (κ3) is 32.4. The zero-order valence-corrected chi connectivity index (χ0v) is 78.8. The Kier molecular flexibility index (Phi) is 42.7. The predicted octanol–water partition coefficient (Wildman–Crippen LogP) is 33.9. The molecule has 4 nitrogen and oxygen atoms in total. The third-order valence-corrected chi connectivity index (χ3v) is 23.4. The molecule has 0 aromatic heterocycles. The summed E-state index contributed by atoms with van der Waals surface area (Å²) < 4.78 is 67.1. The van der Waals surface area contributed by atoms with E-state index in [1.54, 1.807) is 36.4 Å². The maximum Gasteiger partial charge on any atom is 0.421 e. The summed E-state index contributed by atoms with van der Waals surface area (Å²) in [4.78, 5) is 0. The third-order valence-electron chi connectivity index (χ3n) is 23.1. The molecule has 0 spiro atoms. The molecule has 13 aromatic carbocycles. The SMILES string of the molecule is CC(C)c1ccc(C(C)(C)c2ccccc2)cc1.CC(C)c1ccc(CO)cc1.CC(C)c1ccc(Cl)c2ccccc12.CC(C)c1ccc2ccccc2c1.CC(C)c1cccc(C(O)Cc2ccccc2)c1.CC(C)c1cccc2ccccc12.CCCCC(F)(F)C(O)c1ccc(C(C)C)cc1.CCCCCC(O)(c1ccc(C(C)C)cc1)C(F)(F)F. The van der Waals surface area contributed by atoms with Crippen molar-refractivity contribution in [3.63, 3.8) is 0 Å². The highest BCUT2D eigenvalue weighted by Crippen LogP contribution is 2.44. The van der Waals surface area contributed by atoms with Gasteiger partial charge in [0, 0.05) is 28.7 Å². The van der Waals surface area contributed by atoms with E-state index in [4.69, 9.17) is 16.7 Å². The number of benzene rings is 13. The Hall–Kier alpha value is -9.58. The lowest BCUT2D eigenvalue weighted by Crippen LogP contribution is -2.42. The van der Waals surface area contributed by atoms with Crippen molar-refractivity contribution < 1.29 is 42.4 Å². The summed E-state index contributed by atoms with van der Waals surface area (Å²) in [6, 6.07) is 102. The number of aliphatic hydroxyl groups is 4. The molecule has 0 aliphatic rings. The summed E-state index contributed by atoms with van der Waals surface area (Å²) in [6.07, 6.45) is -3.68. The maximum atomic E-state index is 13.7. The molecule has 0 amide bonds. The number of unbranched alkanes of at least 4 members (excludes halogenated alkanes) is 3. The molecule has 0 aliphatic heterocycles. The van der Waals surface area contributed by atoms with Gasteiger partial charge in [-0.1, -0.05) is 467 Å². The number of aliphatic hydroxyl groups excluding tert-OH is 3. The Morgan fingerprint density at radius 3 is 1.20 bits per heavy atom. The zero-order valence-electron chi connectivity index (χ0n) is 78.1. The summed E-state index contributed by atoms with van der Waals surface area (Å²) in [5.74, 6) is 0.985. The summed E-state index contributed by atoms with van der Waals surface area (Å²) in [5.41, 5.74) is 13.7. The number of fused-ring (bicyclic) bond motifs is 3. The fraction of sp³-hybridized carbons (Fsp3) is 0.374. The second kappa shape index (κ2) is 51.3. The normalized spacial score (nSPS) is 12.5. The zero-order chi connectivity index (χ0) is 92.2. The molecule has 10 heteroatoms. The van der Waals surface area contributed by atoms with Gasteiger partial charge in [0.1, 0.15) is 6.10 Å². The van der Waals surface area contributed by atoms with Crippen LogP contribution in [0.5, 0.6) is 0 Å². The average molecular weight is 1720 g/mol. The van der Waals surface area contributed by atoms with Gasteiger partial charge in [0.2, 0.25) is 0 Å². The van der Waals surface area contributed by atoms with Gasteiger partial charge in [0.05, 0.1) is 12.7 Å². The van der Waals surface area contributed by atoms with Gasteiger partial charge in [-0.15, -0.1) is 0 Å². The highest BCUT2D eigenvalue weighted by Gasteiger charge is 2.54. The van der Waals surface area contributed by atoms with Crippen molar-refractivity contribution in [1.29, 1.82) is 0 Å². The Balaban J connectivity index is 0.000000222. The van der Waals surface area contributed by atoms with Gasteiger partial charge in [0.15, 0.2) is 5.60 Å². The van der Waals surface area contributed by atoms with E-state index in [1.165, 1.54) is 89.1 Å². The van der Waals surface area contributed by atoms with Gasteiger partial charge in [-0.25, -0.2) is 8.78 Å². The second-order valence-electron chi connectivity index (χ2n) is 35.9. The van der Waals surface area contributed by atoms with Gasteiger partial charge in [-0.2, -0.15) is 13.2 Å². The largest absolute Gasteiger partial charge is 0.421 e.